The summed E-state index contributed by atoms with van der Waals surface area (Å²) in [7, 11) is 1.75. The summed E-state index contributed by atoms with van der Waals surface area (Å²) in [5.41, 5.74) is 5.31. The summed E-state index contributed by atoms with van der Waals surface area (Å²) in [5.74, 6) is -0.0508. The van der Waals surface area contributed by atoms with E-state index in [1.54, 1.807) is 16.5 Å². The number of nitrogens with zero attached hydrogens (tertiary/aromatic N) is 5. The average Bonchev–Trinajstić information content (AvgIpc) is 3.43. The molecule has 12 heteroatoms. The highest BCUT2D eigenvalue weighted by molar-refractivity contribution is 5.92. The van der Waals surface area contributed by atoms with Gasteiger partial charge in [0.2, 0.25) is 5.91 Å². The van der Waals surface area contributed by atoms with Gasteiger partial charge < -0.3 is 35.2 Å². The molecule has 3 saturated heterocycles. The van der Waals surface area contributed by atoms with Crippen molar-refractivity contribution in [2.24, 2.45) is 7.05 Å². The number of hydrogen-bond acceptors (Lipinski definition) is 5. The van der Waals surface area contributed by atoms with Crippen molar-refractivity contribution in [3.05, 3.63) is 63.6 Å². The number of carbonyl (C=O) groups is 3. The molecule has 1 aromatic heterocycles. The number of para-hydroxylation sites is 1. The maximum atomic E-state index is 14.3. The van der Waals surface area contributed by atoms with Crippen molar-refractivity contribution >= 4 is 34.7 Å². The van der Waals surface area contributed by atoms with Crippen LogP contribution in [0, 0.1) is 0 Å². The predicted octanol–water partition coefficient (Wildman–Crippen LogP) is 4.04. The van der Waals surface area contributed by atoms with Gasteiger partial charge in [-0.05, 0) is 86.9 Å². The monoisotopic (exact) mass is 670 g/mol. The van der Waals surface area contributed by atoms with Gasteiger partial charge in [-0.1, -0.05) is 37.6 Å². The zero-order valence-corrected chi connectivity index (χ0v) is 28.9. The van der Waals surface area contributed by atoms with E-state index >= 15 is 0 Å². The van der Waals surface area contributed by atoms with Crippen molar-refractivity contribution in [3.8, 4) is 0 Å². The van der Waals surface area contributed by atoms with Crippen LogP contribution >= 0.6 is 0 Å². The molecule has 3 fully saturated rings. The number of nitrogens with one attached hydrogen (secondary N) is 3. The highest BCUT2D eigenvalue weighted by Gasteiger charge is 2.36. The Balaban J connectivity index is 1.05. The molecule has 2 aromatic carbocycles. The normalized spacial score (nSPS) is 20.3. The van der Waals surface area contributed by atoms with Crippen LogP contribution in [-0.4, -0.2) is 105 Å². The smallest absolute Gasteiger partial charge is 0.326 e. The number of piperidine rings is 3. The first-order chi connectivity index (χ1) is 23.8. The number of aromatic amines is 1. The van der Waals surface area contributed by atoms with Crippen LogP contribution in [0.15, 0.2) is 41.2 Å². The number of urea groups is 2. The Morgan fingerprint density at radius 3 is 2.33 bits per heavy atom. The van der Waals surface area contributed by atoms with Gasteiger partial charge in [-0.25, -0.2) is 14.4 Å². The van der Waals surface area contributed by atoms with Crippen molar-refractivity contribution in [2.45, 2.75) is 89.4 Å². The van der Waals surface area contributed by atoms with Crippen LogP contribution in [0.4, 0.5) is 15.3 Å². The van der Waals surface area contributed by atoms with Gasteiger partial charge in [0.25, 0.3) is 0 Å². The zero-order chi connectivity index (χ0) is 34.1. The van der Waals surface area contributed by atoms with E-state index < -0.39 is 6.04 Å². The Bertz CT molecular complexity index is 1740. The SMILES string of the molecule is CCc1cc(CC(NC(=O)N2CCC(N3Cc4ccccc4NC3=O)CC2)C(=O)N2CCC(N3CCCCC3)CC2)cc2c1[nH]c(=O)n2C. The Hall–Kier alpha value is -4.32. The molecular weight excluding hydrogens is 620 g/mol. The molecule has 262 valence electrons. The van der Waals surface area contributed by atoms with Crippen LogP contribution in [0.25, 0.3) is 11.0 Å². The van der Waals surface area contributed by atoms with Gasteiger partial charge in [0, 0.05) is 64.0 Å². The first-order valence-electron chi connectivity index (χ1n) is 18.2. The van der Waals surface area contributed by atoms with Crippen molar-refractivity contribution in [2.75, 3.05) is 44.6 Å². The molecule has 5 amide bonds. The molecule has 3 N–H and O–H groups in total. The fourth-order valence-corrected chi connectivity index (χ4v) is 8.39. The molecule has 4 aliphatic rings. The second-order valence-electron chi connectivity index (χ2n) is 14.3. The van der Waals surface area contributed by atoms with Gasteiger partial charge in [-0.15, -0.1) is 0 Å². The van der Waals surface area contributed by atoms with Crippen molar-refractivity contribution < 1.29 is 14.4 Å². The van der Waals surface area contributed by atoms with Crippen molar-refractivity contribution in [3.63, 3.8) is 0 Å². The second-order valence-corrected chi connectivity index (χ2v) is 14.3. The van der Waals surface area contributed by atoms with Crippen LogP contribution < -0.4 is 16.3 Å². The number of imidazole rings is 1. The summed E-state index contributed by atoms with van der Waals surface area (Å²) in [6, 6.07) is 11.3. The Labute approximate surface area is 287 Å². The number of hydrogen-bond donors (Lipinski definition) is 3. The number of aromatic nitrogens is 2. The van der Waals surface area contributed by atoms with E-state index in [1.807, 2.05) is 40.1 Å². The van der Waals surface area contributed by atoms with E-state index in [4.69, 9.17) is 0 Å². The van der Waals surface area contributed by atoms with E-state index in [9.17, 15) is 19.2 Å². The molecule has 0 aliphatic carbocycles. The van der Waals surface area contributed by atoms with Crippen LogP contribution in [-0.2, 0) is 31.2 Å². The number of H-pyrrole nitrogens is 1. The van der Waals surface area contributed by atoms with Gasteiger partial charge in [0.15, 0.2) is 0 Å². The third kappa shape index (κ3) is 6.92. The average molecular weight is 671 g/mol. The third-order valence-electron chi connectivity index (χ3n) is 11.3. The Morgan fingerprint density at radius 2 is 1.59 bits per heavy atom. The minimum absolute atomic E-state index is 0.0308. The standard InChI is InChI=1S/C37H50N8O4/c1-3-26-21-25(23-32-33(26)40-35(47)41(32)2)22-31(34(46)43-17-11-28(12-18-43)42-15-7-4-8-16-42)39-36(48)44-19-13-29(14-20-44)45-24-27-9-5-6-10-30(27)38-37(45)49/h5-6,9-10,21,23,28-29,31H,3-4,7-8,11-20,22,24H2,1-2H3,(H,38,49)(H,39,48)(H,40,47). The highest BCUT2D eigenvalue weighted by atomic mass is 16.2. The maximum absolute atomic E-state index is 14.3. The summed E-state index contributed by atoms with van der Waals surface area (Å²) in [4.78, 5) is 64.7. The number of benzene rings is 2. The van der Waals surface area contributed by atoms with E-state index in [2.05, 4.69) is 33.5 Å². The van der Waals surface area contributed by atoms with Gasteiger partial charge in [-0.3, -0.25) is 9.36 Å². The van der Waals surface area contributed by atoms with E-state index in [-0.39, 0.29) is 29.7 Å². The minimum atomic E-state index is -0.737. The molecule has 0 bridgehead atoms. The highest BCUT2D eigenvalue weighted by Crippen LogP contribution is 2.28. The molecular formula is C37H50N8O4. The molecule has 1 unspecified atom stereocenters. The summed E-state index contributed by atoms with van der Waals surface area (Å²) in [5, 5.41) is 6.15. The summed E-state index contributed by atoms with van der Waals surface area (Å²) in [6.07, 6.45) is 8.11. The molecule has 1 atom stereocenters. The molecule has 5 heterocycles. The minimum Gasteiger partial charge on any atom is -0.341 e. The zero-order valence-electron chi connectivity index (χ0n) is 28.9. The number of likely N-dealkylation sites (tertiary alicyclic amines) is 3. The Morgan fingerprint density at radius 1 is 0.898 bits per heavy atom. The lowest BCUT2D eigenvalue weighted by Crippen LogP contribution is -2.57. The molecule has 0 saturated carbocycles. The molecule has 12 nitrogen and oxygen atoms in total. The molecule has 49 heavy (non-hydrogen) atoms. The molecule has 0 spiro atoms. The first-order valence-corrected chi connectivity index (χ1v) is 18.2. The van der Waals surface area contributed by atoms with Crippen LogP contribution in [0.5, 0.6) is 0 Å². The summed E-state index contributed by atoms with van der Waals surface area (Å²) >= 11 is 0. The van der Waals surface area contributed by atoms with Crippen molar-refractivity contribution in [1.82, 2.24) is 34.5 Å². The van der Waals surface area contributed by atoms with E-state index in [1.165, 1.54) is 19.3 Å². The number of aryl methyl sites for hydroxylation is 2. The Kier molecular flexibility index (Phi) is 9.66. The number of carbonyl (C=O) groups excluding carboxylic acids is 3. The van der Waals surface area contributed by atoms with E-state index in [0.29, 0.717) is 58.0 Å². The van der Waals surface area contributed by atoms with Gasteiger partial charge in [0.1, 0.15) is 6.04 Å². The first kappa shape index (κ1) is 33.2. The second kappa shape index (κ2) is 14.3. The molecule has 7 rings (SSSR count). The van der Waals surface area contributed by atoms with Crippen LogP contribution in [0.2, 0.25) is 0 Å². The number of amides is 5. The van der Waals surface area contributed by atoms with Crippen LogP contribution in [0.1, 0.15) is 68.6 Å². The fourth-order valence-electron chi connectivity index (χ4n) is 8.39. The molecule has 3 aromatic rings. The predicted molar refractivity (Wildman–Crippen MR) is 190 cm³/mol. The topological polar surface area (TPSA) is 126 Å². The van der Waals surface area contributed by atoms with Crippen molar-refractivity contribution in [1.29, 1.82) is 0 Å². The largest absolute Gasteiger partial charge is 0.341 e. The van der Waals surface area contributed by atoms with Crippen LogP contribution in [0.3, 0.4) is 0 Å². The lowest BCUT2D eigenvalue weighted by Gasteiger charge is -2.42. The quantitative estimate of drug-likeness (QED) is 0.350. The van der Waals surface area contributed by atoms with E-state index in [0.717, 1.165) is 65.8 Å². The van der Waals surface area contributed by atoms with Gasteiger partial charge in [0.05, 0.1) is 11.0 Å². The lowest BCUT2D eigenvalue weighted by molar-refractivity contribution is -0.134. The fraction of sp³-hybridized carbons (Fsp3) is 0.568. The number of rotatable bonds is 7. The van der Waals surface area contributed by atoms with Gasteiger partial charge in [-0.2, -0.15) is 0 Å². The number of fused-ring (bicyclic) bond motifs is 2. The van der Waals surface area contributed by atoms with Gasteiger partial charge >= 0.3 is 17.8 Å². The number of anilines is 1. The summed E-state index contributed by atoms with van der Waals surface area (Å²) < 4.78 is 1.60. The third-order valence-corrected chi connectivity index (χ3v) is 11.3. The molecule has 0 radical (unpaired) electrons. The maximum Gasteiger partial charge on any atom is 0.326 e. The molecule has 4 aliphatic heterocycles. The lowest BCUT2D eigenvalue weighted by atomic mass is 9.97. The summed E-state index contributed by atoms with van der Waals surface area (Å²) in [6.45, 7) is 7.27.